The van der Waals surface area contributed by atoms with Crippen LogP contribution in [0.1, 0.15) is 6.42 Å². The zero-order valence-corrected chi connectivity index (χ0v) is 9.18. The van der Waals surface area contributed by atoms with Crippen molar-refractivity contribution in [3.63, 3.8) is 0 Å². The molecular formula is C10H14N2O5. The summed E-state index contributed by atoms with van der Waals surface area (Å²) in [4.78, 5) is 35.2. The van der Waals surface area contributed by atoms with E-state index in [2.05, 4.69) is 0 Å². The second kappa shape index (κ2) is 6.12. The minimum Gasteiger partial charge on any atom is -0.395 e. The first-order chi connectivity index (χ1) is 8.08. The van der Waals surface area contributed by atoms with Gasteiger partial charge in [0.1, 0.15) is 0 Å². The second-order valence-electron chi connectivity index (χ2n) is 3.50. The van der Waals surface area contributed by atoms with Gasteiger partial charge < -0.3 is 15.1 Å². The van der Waals surface area contributed by atoms with Gasteiger partial charge in [-0.05, 0) is 0 Å². The van der Waals surface area contributed by atoms with Crippen molar-refractivity contribution < 1.29 is 24.6 Å². The first-order valence-electron chi connectivity index (χ1n) is 5.14. The highest BCUT2D eigenvalue weighted by Gasteiger charge is 2.24. The molecule has 1 rings (SSSR count). The molecule has 17 heavy (non-hydrogen) atoms. The first kappa shape index (κ1) is 13.3. The van der Waals surface area contributed by atoms with Crippen LogP contribution in [0.5, 0.6) is 0 Å². The third-order valence-corrected chi connectivity index (χ3v) is 2.22. The number of imide groups is 1. The van der Waals surface area contributed by atoms with Crippen molar-refractivity contribution in [3.8, 4) is 0 Å². The number of rotatable bonds is 5. The fraction of sp³-hybridized carbons (Fsp3) is 0.500. The standard InChI is InChI=1S/C10H14N2O5/c13-3-1-12(2-4-14)10(17)7-5-8(15)11-9(16)6-7/h5,13-14H,1-4,6H2,(H,11,15,16). The minimum absolute atomic E-state index is 0.0482. The van der Waals surface area contributed by atoms with Crippen molar-refractivity contribution in [3.05, 3.63) is 11.6 Å². The van der Waals surface area contributed by atoms with Crippen molar-refractivity contribution in [2.24, 2.45) is 0 Å². The maximum Gasteiger partial charge on any atom is 0.251 e. The average molecular weight is 242 g/mol. The zero-order chi connectivity index (χ0) is 12.8. The van der Waals surface area contributed by atoms with E-state index in [0.717, 1.165) is 6.08 Å². The highest BCUT2D eigenvalue weighted by molar-refractivity contribution is 6.12. The van der Waals surface area contributed by atoms with Gasteiger partial charge in [0.05, 0.1) is 19.6 Å². The molecule has 0 bridgehead atoms. The van der Waals surface area contributed by atoms with Gasteiger partial charge in [-0.2, -0.15) is 0 Å². The van der Waals surface area contributed by atoms with E-state index in [0.29, 0.717) is 0 Å². The fourth-order valence-electron chi connectivity index (χ4n) is 1.50. The van der Waals surface area contributed by atoms with E-state index in [4.69, 9.17) is 10.2 Å². The van der Waals surface area contributed by atoms with E-state index in [9.17, 15) is 14.4 Å². The molecule has 0 spiro atoms. The molecule has 0 aromatic rings. The number of aliphatic hydroxyl groups is 2. The summed E-state index contributed by atoms with van der Waals surface area (Å²) in [6.45, 7) is -0.405. The minimum atomic E-state index is -0.627. The molecule has 3 amide bonds. The van der Waals surface area contributed by atoms with Crippen LogP contribution < -0.4 is 5.32 Å². The van der Waals surface area contributed by atoms with Gasteiger partial charge in [-0.3, -0.25) is 19.7 Å². The lowest BCUT2D eigenvalue weighted by molar-refractivity contribution is -0.133. The Labute approximate surface area is 97.7 Å². The van der Waals surface area contributed by atoms with E-state index >= 15 is 0 Å². The third-order valence-electron chi connectivity index (χ3n) is 2.22. The SMILES string of the molecule is O=C1C=C(C(=O)N(CCO)CCO)CC(=O)N1. The Morgan fingerprint density at radius 2 is 1.88 bits per heavy atom. The van der Waals surface area contributed by atoms with E-state index in [1.54, 1.807) is 0 Å². The molecule has 0 saturated heterocycles. The summed E-state index contributed by atoms with van der Waals surface area (Å²) in [5.41, 5.74) is 0.0700. The normalized spacial score (nSPS) is 15.3. The molecule has 0 aromatic carbocycles. The monoisotopic (exact) mass is 242 g/mol. The Morgan fingerprint density at radius 3 is 2.35 bits per heavy atom. The van der Waals surface area contributed by atoms with Crippen LogP contribution >= 0.6 is 0 Å². The number of nitrogens with zero attached hydrogens (tertiary/aromatic N) is 1. The Balaban J connectivity index is 2.79. The van der Waals surface area contributed by atoms with Crippen molar-refractivity contribution in [2.75, 3.05) is 26.3 Å². The molecule has 0 aromatic heterocycles. The summed E-state index contributed by atoms with van der Waals surface area (Å²) in [5.74, 6) is -1.68. The molecule has 7 heteroatoms. The molecular weight excluding hydrogens is 228 g/mol. The van der Waals surface area contributed by atoms with Gasteiger partial charge in [-0.25, -0.2) is 0 Å². The molecule has 1 aliphatic heterocycles. The highest BCUT2D eigenvalue weighted by Crippen LogP contribution is 2.10. The largest absolute Gasteiger partial charge is 0.395 e. The fourth-order valence-corrected chi connectivity index (χ4v) is 1.50. The Kier molecular flexibility index (Phi) is 4.80. The maximum atomic E-state index is 11.9. The lowest BCUT2D eigenvalue weighted by atomic mass is 10.1. The smallest absolute Gasteiger partial charge is 0.251 e. The number of carbonyl (C=O) groups is 3. The lowest BCUT2D eigenvalue weighted by Crippen LogP contribution is -2.41. The van der Waals surface area contributed by atoms with Gasteiger partial charge in [0.25, 0.3) is 11.8 Å². The van der Waals surface area contributed by atoms with Crippen LogP contribution in [0.4, 0.5) is 0 Å². The van der Waals surface area contributed by atoms with Crippen LogP contribution in [-0.2, 0) is 14.4 Å². The number of aliphatic hydroxyl groups excluding tert-OH is 2. The van der Waals surface area contributed by atoms with Crippen LogP contribution in [0.2, 0.25) is 0 Å². The summed E-state index contributed by atoms with van der Waals surface area (Å²) >= 11 is 0. The van der Waals surface area contributed by atoms with Gasteiger partial charge in [-0.1, -0.05) is 0 Å². The van der Waals surface area contributed by atoms with Gasteiger partial charge in [0, 0.05) is 24.7 Å². The molecule has 0 fully saturated rings. The Bertz CT molecular complexity index is 358. The predicted octanol–water partition coefficient (Wildman–Crippen LogP) is -2.23. The summed E-state index contributed by atoms with van der Waals surface area (Å²) in [5, 5.41) is 19.6. The van der Waals surface area contributed by atoms with Crippen LogP contribution in [-0.4, -0.2) is 59.1 Å². The molecule has 0 atom stereocenters. The Morgan fingerprint density at radius 1 is 1.29 bits per heavy atom. The molecule has 3 N–H and O–H groups in total. The molecule has 0 radical (unpaired) electrons. The maximum absolute atomic E-state index is 11.9. The summed E-state index contributed by atoms with van der Waals surface area (Å²) in [6.07, 6.45) is 0.892. The predicted molar refractivity (Wildman–Crippen MR) is 56.6 cm³/mol. The average Bonchev–Trinajstić information content (AvgIpc) is 2.26. The lowest BCUT2D eigenvalue weighted by Gasteiger charge is -2.23. The topological polar surface area (TPSA) is 107 Å². The van der Waals surface area contributed by atoms with Crippen LogP contribution in [0.25, 0.3) is 0 Å². The number of carbonyl (C=O) groups excluding carboxylic acids is 3. The van der Waals surface area contributed by atoms with Crippen molar-refractivity contribution in [1.29, 1.82) is 0 Å². The quantitative estimate of drug-likeness (QED) is 0.473. The van der Waals surface area contributed by atoms with Crippen LogP contribution in [0.3, 0.4) is 0 Å². The first-order valence-corrected chi connectivity index (χ1v) is 5.14. The van der Waals surface area contributed by atoms with Gasteiger partial charge in [0.2, 0.25) is 5.91 Å². The van der Waals surface area contributed by atoms with E-state index in [1.165, 1.54) is 4.90 Å². The van der Waals surface area contributed by atoms with Crippen LogP contribution in [0.15, 0.2) is 11.6 Å². The third kappa shape index (κ3) is 3.65. The zero-order valence-electron chi connectivity index (χ0n) is 9.18. The summed E-state index contributed by atoms with van der Waals surface area (Å²) in [7, 11) is 0. The van der Waals surface area contributed by atoms with Crippen molar-refractivity contribution in [1.82, 2.24) is 10.2 Å². The van der Waals surface area contributed by atoms with Gasteiger partial charge in [-0.15, -0.1) is 0 Å². The number of nitrogens with one attached hydrogen (secondary N) is 1. The highest BCUT2D eigenvalue weighted by atomic mass is 16.3. The molecule has 94 valence electrons. The van der Waals surface area contributed by atoms with Gasteiger partial charge in [0.15, 0.2) is 0 Å². The van der Waals surface area contributed by atoms with Crippen LogP contribution in [0, 0.1) is 0 Å². The summed E-state index contributed by atoms with van der Waals surface area (Å²) in [6, 6.07) is 0. The summed E-state index contributed by atoms with van der Waals surface area (Å²) < 4.78 is 0. The number of amides is 3. The van der Waals surface area contributed by atoms with Crippen molar-refractivity contribution in [2.45, 2.75) is 6.42 Å². The van der Waals surface area contributed by atoms with E-state index in [-0.39, 0.29) is 38.3 Å². The molecule has 0 unspecified atom stereocenters. The molecule has 1 aliphatic rings. The Hall–Kier alpha value is -1.73. The van der Waals surface area contributed by atoms with Gasteiger partial charge >= 0.3 is 0 Å². The van der Waals surface area contributed by atoms with E-state index < -0.39 is 17.7 Å². The molecule has 0 saturated carbocycles. The number of hydrogen-bond acceptors (Lipinski definition) is 5. The van der Waals surface area contributed by atoms with Crippen molar-refractivity contribution >= 4 is 17.7 Å². The number of hydrogen-bond donors (Lipinski definition) is 3. The molecule has 7 nitrogen and oxygen atoms in total. The molecule has 0 aliphatic carbocycles. The second-order valence-corrected chi connectivity index (χ2v) is 3.50. The molecule has 1 heterocycles. The van der Waals surface area contributed by atoms with E-state index in [1.807, 2.05) is 5.32 Å².